The van der Waals surface area contributed by atoms with E-state index >= 15 is 0 Å². The van der Waals surface area contributed by atoms with Gasteiger partial charge in [0.05, 0.1) is 11.4 Å². The Hall–Kier alpha value is -4.24. The zero-order valence-corrected chi connectivity index (χ0v) is 24.7. The molecule has 2 radical (unpaired) electrons. The van der Waals surface area contributed by atoms with Gasteiger partial charge in [-0.05, 0) is 113 Å². The first-order chi connectivity index (χ1) is 19.1. The van der Waals surface area contributed by atoms with Crippen molar-refractivity contribution >= 4 is 47.4 Å². The summed E-state index contributed by atoms with van der Waals surface area (Å²) in [6, 6.07) is 35.1. The van der Waals surface area contributed by atoms with Crippen LogP contribution in [-0.2, 0) is 0 Å². The monoisotopic (exact) mass is 520 g/mol. The molecule has 2 nitrogen and oxygen atoms in total. The maximum Gasteiger partial charge on any atom is 0.113 e. The number of aryl methyl sites for hydroxylation is 7. The normalized spacial score (nSPS) is 11.0. The molecule has 5 aromatic rings. The van der Waals surface area contributed by atoms with Gasteiger partial charge in [-0.1, -0.05) is 76.8 Å². The first kappa shape index (κ1) is 27.3. The first-order valence-corrected chi connectivity index (χ1v) is 13.9. The van der Waals surface area contributed by atoms with Crippen molar-refractivity contribution in [3.8, 4) is 0 Å². The van der Waals surface area contributed by atoms with Crippen LogP contribution < -0.4 is 15.3 Å². The summed E-state index contributed by atoms with van der Waals surface area (Å²) in [5.74, 6) is 0. The third-order valence-electron chi connectivity index (χ3n) is 7.53. The average molecular weight is 521 g/mol. The summed E-state index contributed by atoms with van der Waals surface area (Å²) >= 11 is 0. The molecule has 0 heterocycles. The molecular weight excluding hydrogens is 483 g/mol. The van der Waals surface area contributed by atoms with Crippen LogP contribution in [0.1, 0.15) is 38.9 Å². The highest BCUT2D eigenvalue weighted by Crippen LogP contribution is 2.43. The molecule has 0 atom stereocenters. The third kappa shape index (κ3) is 5.42. The maximum atomic E-state index is 6.24. The Morgan fingerprint density at radius 2 is 0.775 bits per heavy atom. The fraction of sp³-hybridized carbons (Fsp3) is 0.189. The van der Waals surface area contributed by atoms with Crippen LogP contribution in [0.3, 0.4) is 0 Å². The van der Waals surface area contributed by atoms with Crippen LogP contribution in [0.4, 0.5) is 34.1 Å². The topological polar surface area (TPSA) is 6.48 Å². The average Bonchev–Trinajstić information content (AvgIpc) is 2.89. The molecule has 5 aromatic carbocycles. The summed E-state index contributed by atoms with van der Waals surface area (Å²) in [7, 11) is 6.24. The molecule has 0 fully saturated rings. The van der Waals surface area contributed by atoms with Gasteiger partial charge in [0.25, 0.3) is 0 Å². The van der Waals surface area contributed by atoms with Gasteiger partial charge < -0.3 is 9.80 Å². The number of anilines is 6. The first-order valence-electron chi connectivity index (χ1n) is 13.9. The fourth-order valence-electron chi connectivity index (χ4n) is 5.84. The lowest BCUT2D eigenvalue weighted by molar-refractivity contribution is 1.19. The van der Waals surface area contributed by atoms with Crippen LogP contribution in [0, 0.1) is 48.5 Å². The molecule has 0 aliphatic heterocycles. The Labute approximate surface area is 241 Å². The van der Waals surface area contributed by atoms with Gasteiger partial charge in [0.1, 0.15) is 7.85 Å². The highest BCUT2D eigenvalue weighted by Gasteiger charge is 2.21. The van der Waals surface area contributed by atoms with E-state index in [-0.39, 0.29) is 0 Å². The van der Waals surface area contributed by atoms with Crippen molar-refractivity contribution in [2.45, 2.75) is 48.5 Å². The van der Waals surface area contributed by atoms with E-state index in [2.05, 4.69) is 155 Å². The smallest absolute Gasteiger partial charge is 0.113 e. The van der Waals surface area contributed by atoms with Crippen molar-refractivity contribution in [2.24, 2.45) is 0 Å². The van der Waals surface area contributed by atoms with E-state index in [0.717, 1.165) is 45.0 Å². The number of hydrogen-bond donors (Lipinski definition) is 0. The minimum absolute atomic E-state index is 0.784. The Balaban J connectivity index is 1.75. The SMILES string of the molecule is [B]c1cc(C)c(N(c2ccc(C)cc2)c2cccc(N(c3ccc(C)cc3)c3c(C)cc(C)cc3C)c2)c(C)c1. The summed E-state index contributed by atoms with van der Waals surface area (Å²) in [6.45, 7) is 15.1. The van der Waals surface area contributed by atoms with E-state index in [1.165, 1.54) is 33.5 Å². The maximum absolute atomic E-state index is 6.24. The lowest BCUT2D eigenvalue weighted by atomic mass is 9.91. The van der Waals surface area contributed by atoms with Crippen molar-refractivity contribution in [3.63, 3.8) is 0 Å². The van der Waals surface area contributed by atoms with Gasteiger partial charge in [0.2, 0.25) is 0 Å². The minimum atomic E-state index is 0.784. The van der Waals surface area contributed by atoms with Crippen molar-refractivity contribution in [1.29, 1.82) is 0 Å². The molecular formula is C37H37BN2. The van der Waals surface area contributed by atoms with Crippen LogP contribution >= 0.6 is 0 Å². The minimum Gasteiger partial charge on any atom is -0.310 e. The van der Waals surface area contributed by atoms with Crippen molar-refractivity contribution in [1.82, 2.24) is 0 Å². The number of hydrogen-bond acceptors (Lipinski definition) is 2. The second kappa shape index (κ2) is 11.1. The Morgan fingerprint density at radius 1 is 0.400 bits per heavy atom. The van der Waals surface area contributed by atoms with E-state index in [9.17, 15) is 0 Å². The zero-order valence-electron chi connectivity index (χ0n) is 24.7. The summed E-state index contributed by atoms with van der Waals surface area (Å²) in [5.41, 5.74) is 16.2. The molecule has 0 unspecified atom stereocenters. The summed E-state index contributed by atoms with van der Waals surface area (Å²) < 4.78 is 0. The summed E-state index contributed by atoms with van der Waals surface area (Å²) in [4.78, 5) is 4.75. The zero-order chi connectivity index (χ0) is 28.6. The molecule has 0 amide bonds. The van der Waals surface area contributed by atoms with E-state index in [1.54, 1.807) is 0 Å². The van der Waals surface area contributed by atoms with Gasteiger partial charge in [-0.15, -0.1) is 0 Å². The van der Waals surface area contributed by atoms with E-state index in [1.807, 2.05) is 0 Å². The van der Waals surface area contributed by atoms with Crippen LogP contribution in [-0.4, -0.2) is 7.85 Å². The molecule has 0 aromatic heterocycles. The Morgan fingerprint density at radius 3 is 1.18 bits per heavy atom. The molecule has 40 heavy (non-hydrogen) atoms. The second-order valence-electron chi connectivity index (χ2n) is 11.1. The molecule has 5 rings (SSSR count). The molecule has 0 bridgehead atoms. The van der Waals surface area contributed by atoms with Crippen LogP contribution in [0.25, 0.3) is 0 Å². The molecule has 0 aliphatic rings. The van der Waals surface area contributed by atoms with Gasteiger partial charge >= 0.3 is 0 Å². The standard InChI is InChI=1S/C37H37BN2/c1-24-11-15-32(16-12-24)39(36-27(4)19-26(3)20-28(36)5)34-9-8-10-35(23-34)40(33-17-13-25(2)14-18-33)37-29(6)21-31(38)22-30(37)7/h8-23H,1-7H3. The number of rotatable bonds is 6. The lowest BCUT2D eigenvalue weighted by Gasteiger charge is -2.32. The molecule has 0 aliphatic carbocycles. The summed E-state index contributed by atoms with van der Waals surface area (Å²) in [6.07, 6.45) is 0. The molecule has 0 saturated carbocycles. The Kier molecular flexibility index (Phi) is 7.58. The predicted molar refractivity (Wildman–Crippen MR) is 174 cm³/mol. The van der Waals surface area contributed by atoms with E-state index in [0.29, 0.717) is 0 Å². The highest BCUT2D eigenvalue weighted by atomic mass is 15.2. The number of nitrogens with zero attached hydrogens (tertiary/aromatic N) is 2. The molecule has 0 N–H and O–H groups in total. The van der Waals surface area contributed by atoms with Gasteiger partial charge in [-0.2, -0.15) is 0 Å². The number of benzene rings is 5. The predicted octanol–water partition coefficient (Wildman–Crippen LogP) is 9.58. The molecule has 198 valence electrons. The van der Waals surface area contributed by atoms with Gasteiger partial charge in [0.15, 0.2) is 0 Å². The third-order valence-corrected chi connectivity index (χ3v) is 7.53. The quantitative estimate of drug-likeness (QED) is 0.206. The Bertz CT molecular complexity index is 1500. The molecule has 0 saturated heterocycles. The van der Waals surface area contributed by atoms with Crippen LogP contribution in [0.2, 0.25) is 0 Å². The summed E-state index contributed by atoms with van der Waals surface area (Å²) in [5, 5.41) is 0. The van der Waals surface area contributed by atoms with E-state index in [4.69, 9.17) is 7.85 Å². The van der Waals surface area contributed by atoms with Gasteiger partial charge in [-0.3, -0.25) is 0 Å². The highest BCUT2D eigenvalue weighted by molar-refractivity contribution is 6.32. The van der Waals surface area contributed by atoms with E-state index < -0.39 is 0 Å². The lowest BCUT2D eigenvalue weighted by Crippen LogP contribution is -2.17. The fourth-order valence-corrected chi connectivity index (χ4v) is 5.84. The largest absolute Gasteiger partial charge is 0.310 e. The van der Waals surface area contributed by atoms with Crippen molar-refractivity contribution in [3.05, 3.63) is 136 Å². The van der Waals surface area contributed by atoms with Crippen molar-refractivity contribution in [2.75, 3.05) is 9.80 Å². The van der Waals surface area contributed by atoms with Gasteiger partial charge in [0, 0.05) is 22.7 Å². The van der Waals surface area contributed by atoms with Crippen LogP contribution in [0.15, 0.2) is 97.1 Å². The van der Waals surface area contributed by atoms with Crippen molar-refractivity contribution < 1.29 is 0 Å². The second-order valence-corrected chi connectivity index (χ2v) is 11.1. The van der Waals surface area contributed by atoms with Crippen LogP contribution in [0.5, 0.6) is 0 Å². The van der Waals surface area contributed by atoms with Gasteiger partial charge in [-0.25, -0.2) is 0 Å². The molecule has 0 spiro atoms. The molecule has 3 heteroatoms.